The number of fused-ring (bicyclic) bond motifs is 1. The van der Waals surface area contributed by atoms with Crippen LogP contribution in [0, 0.1) is 6.92 Å². The van der Waals surface area contributed by atoms with Crippen LogP contribution in [0.2, 0.25) is 0 Å². The predicted molar refractivity (Wildman–Crippen MR) is 131 cm³/mol. The maximum Gasteiger partial charge on any atom is 0.251 e. The fourth-order valence-corrected chi connectivity index (χ4v) is 3.66. The van der Waals surface area contributed by atoms with E-state index < -0.39 is 0 Å². The number of aryl methyl sites for hydroxylation is 1. The van der Waals surface area contributed by atoms with Crippen LogP contribution in [-0.4, -0.2) is 39.2 Å². The van der Waals surface area contributed by atoms with E-state index in [2.05, 4.69) is 10.3 Å². The Morgan fingerprint density at radius 2 is 1.85 bits per heavy atom. The second-order valence-corrected chi connectivity index (χ2v) is 8.10. The number of hydrogen-bond acceptors (Lipinski definition) is 4. The normalized spacial score (nSPS) is 10.8. The molecule has 0 saturated carbocycles. The Kier molecular flexibility index (Phi) is 7.22. The van der Waals surface area contributed by atoms with E-state index in [9.17, 15) is 9.59 Å². The first kappa shape index (κ1) is 23.0. The molecule has 0 aliphatic heterocycles. The number of benzene rings is 2. The monoisotopic (exact) mass is 456 g/mol. The van der Waals surface area contributed by atoms with Crippen molar-refractivity contribution in [3.05, 3.63) is 102 Å². The zero-order valence-corrected chi connectivity index (χ0v) is 19.4. The Morgan fingerprint density at radius 3 is 2.65 bits per heavy atom. The van der Waals surface area contributed by atoms with Gasteiger partial charge in [0.1, 0.15) is 18.0 Å². The highest BCUT2D eigenvalue weighted by molar-refractivity contribution is 5.96. The number of pyridine rings is 1. The van der Waals surface area contributed by atoms with Crippen LogP contribution in [0.15, 0.2) is 79.1 Å². The molecular formula is C27H28N4O3. The fourth-order valence-electron chi connectivity index (χ4n) is 3.66. The lowest BCUT2D eigenvalue weighted by atomic mass is 10.2. The van der Waals surface area contributed by atoms with Gasteiger partial charge in [-0.25, -0.2) is 4.98 Å². The first-order valence-electron chi connectivity index (χ1n) is 11.3. The maximum atomic E-state index is 12.6. The summed E-state index contributed by atoms with van der Waals surface area (Å²) in [7, 11) is 0. The molecule has 4 aromatic rings. The molecular weight excluding hydrogens is 428 g/mol. The third-order valence-electron chi connectivity index (χ3n) is 5.48. The second-order valence-electron chi connectivity index (χ2n) is 8.10. The molecule has 0 saturated heterocycles. The lowest BCUT2D eigenvalue weighted by Crippen LogP contribution is -2.39. The third kappa shape index (κ3) is 5.81. The number of amides is 2. The number of nitrogens with one attached hydrogen (secondary N) is 1. The van der Waals surface area contributed by atoms with E-state index in [0.29, 0.717) is 24.4 Å². The minimum atomic E-state index is -0.322. The van der Waals surface area contributed by atoms with Crippen molar-refractivity contribution in [1.82, 2.24) is 19.6 Å². The Balaban J connectivity index is 1.32. The molecule has 0 spiro atoms. The van der Waals surface area contributed by atoms with Gasteiger partial charge in [-0.2, -0.15) is 0 Å². The molecule has 7 nitrogen and oxygen atoms in total. The van der Waals surface area contributed by atoms with Crippen LogP contribution in [-0.2, 0) is 17.9 Å². The van der Waals surface area contributed by atoms with Gasteiger partial charge in [0, 0.05) is 31.0 Å². The molecule has 7 heteroatoms. The molecule has 1 N–H and O–H groups in total. The molecule has 0 radical (unpaired) electrons. The topological polar surface area (TPSA) is 75.9 Å². The Morgan fingerprint density at radius 1 is 1.03 bits per heavy atom. The summed E-state index contributed by atoms with van der Waals surface area (Å²) in [6, 6.07) is 20.7. The molecule has 174 valence electrons. The molecule has 2 aromatic carbocycles. The summed E-state index contributed by atoms with van der Waals surface area (Å²) in [5.41, 5.74) is 4.29. The number of imidazole rings is 1. The van der Waals surface area contributed by atoms with Crippen molar-refractivity contribution in [2.75, 3.05) is 13.1 Å². The summed E-state index contributed by atoms with van der Waals surface area (Å²) in [4.78, 5) is 31.5. The van der Waals surface area contributed by atoms with E-state index in [-0.39, 0.29) is 25.0 Å². The van der Waals surface area contributed by atoms with Gasteiger partial charge in [0.2, 0.25) is 5.91 Å². The van der Waals surface area contributed by atoms with Gasteiger partial charge in [-0.1, -0.05) is 42.5 Å². The standard InChI is InChI=1S/C27H28N4O3/c1-3-30(17-21-8-5-4-6-9-21)26(32)15-28-27(33)22-10-7-11-24(14-22)34-19-23-18-31-16-20(2)12-13-25(31)29-23/h4-14,16,18H,3,15,17,19H2,1-2H3,(H,28,33). The highest BCUT2D eigenvalue weighted by Gasteiger charge is 2.15. The summed E-state index contributed by atoms with van der Waals surface area (Å²) < 4.78 is 7.82. The van der Waals surface area contributed by atoms with Crippen LogP contribution < -0.4 is 10.1 Å². The molecule has 34 heavy (non-hydrogen) atoms. The van der Waals surface area contributed by atoms with Gasteiger partial charge in [-0.05, 0) is 49.2 Å². The number of carbonyl (C=O) groups excluding carboxylic acids is 2. The molecule has 2 amide bonds. The quantitative estimate of drug-likeness (QED) is 0.413. The van der Waals surface area contributed by atoms with Crippen molar-refractivity contribution in [1.29, 1.82) is 0 Å². The molecule has 4 rings (SSSR count). The van der Waals surface area contributed by atoms with Gasteiger partial charge in [0.05, 0.1) is 12.2 Å². The largest absolute Gasteiger partial charge is 0.487 e. The number of rotatable bonds is 9. The SMILES string of the molecule is CCN(Cc1ccccc1)C(=O)CNC(=O)c1cccc(OCc2cn3cc(C)ccc3n2)c1. The van der Waals surface area contributed by atoms with Gasteiger partial charge in [-0.15, -0.1) is 0 Å². The molecule has 2 heterocycles. The van der Waals surface area contributed by atoms with E-state index >= 15 is 0 Å². The van der Waals surface area contributed by atoms with Gasteiger partial charge in [-0.3, -0.25) is 9.59 Å². The molecule has 0 fully saturated rings. The minimum Gasteiger partial charge on any atom is -0.487 e. The molecule has 0 aliphatic carbocycles. The Bertz CT molecular complexity index is 1280. The van der Waals surface area contributed by atoms with E-state index in [1.165, 1.54) is 0 Å². The van der Waals surface area contributed by atoms with Crippen molar-refractivity contribution < 1.29 is 14.3 Å². The summed E-state index contributed by atoms with van der Waals surface area (Å²) in [6.45, 7) is 5.25. The van der Waals surface area contributed by atoms with Crippen molar-refractivity contribution in [3.8, 4) is 5.75 Å². The summed E-state index contributed by atoms with van der Waals surface area (Å²) >= 11 is 0. The van der Waals surface area contributed by atoms with Crippen LogP contribution >= 0.6 is 0 Å². The smallest absolute Gasteiger partial charge is 0.251 e. The lowest BCUT2D eigenvalue weighted by molar-refractivity contribution is -0.130. The van der Waals surface area contributed by atoms with Crippen LogP contribution in [0.3, 0.4) is 0 Å². The molecule has 2 aromatic heterocycles. The zero-order chi connectivity index (χ0) is 23.9. The van der Waals surface area contributed by atoms with E-state index in [4.69, 9.17) is 4.74 Å². The summed E-state index contributed by atoms with van der Waals surface area (Å²) in [5, 5.41) is 2.72. The number of carbonyl (C=O) groups is 2. The van der Waals surface area contributed by atoms with Crippen molar-refractivity contribution in [2.24, 2.45) is 0 Å². The first-order valence-corrected chi connectivity index (χ1v) is 11.3. The van der Waals surface area contributed by atoms with E-state index in [0.717, 1.165) is 22.5 Å². The average molecular weight is 457 g/mol. The minimum absolute atomic E-state index is 0.0642. The van der Waals surface area contributed by atoms with Crippen molar-refractivity contribution in [2.45, 2.75) is 27.0 Å². The maximum absolute atomic E-state index is 12.6. The van der Waals surface area contributed by atoms with Crippen LogP contribution in [0.25, 0.3) is 5.65 Å². The van der Waals surface area contributed by atoms with Gasteiger partial charge < -0.3 is 19.4 Å². The zero-order valence-electron chi connectivity index (χ0n) is 19.4. The molecule has 0 atom stereocenters. The summed E-state index contributed by atoms with van der Waals surface area (Å²) in [5.74, 6) is 0.110. The average Bonchev–Trinajstić information content (AvgIpc) is 3.27. The number of ether oxygens (including phenoxy) is 1. The predicted octanol–water partition coefficient (Wildman–Crippen LogP) is 4.00. The second kappa shape index (κ2) is 10.7. The Hall–Kier alpha value is -4.13. The van der Waals surface area contributed by atoms with Crippen molar-refractivity contribution >= 4 is 17.5 Å². The summed E-state index contributed by atoms with van der Waals surface area (Å²) in [6.07, 6.45) is 3.94. The molecule has 0 bridgehead atoms. The molecule has 0 aliphatic rings. The fraction of sp³-hybridized carbons (Fsp3) is 0.222. The van der Waals surface area contributed by atoms with Crippen LogP contribution in [0.5, 0.6) is 5.75 Å². The van der Waals surface area contributed by atoms with Gasteiger partial charge in [0.25, 0.3) is 5.91 Å². The lowest BCUT2D eigenvalue weighted by Gasteiger charge is -2.21. The Labute approximate surface area is 199 Å². The van der Waals surface area contributed by atoms with E-state index in [1.54, 1.807) is 29.2 Å². The van der Waals surface area contributed by atoms with Crippen LogP contribution in [0.4, 0.5) is 0 Å². The third-order valence-corrected chi connectivity index (χ3v) is 5.48. The highest BCUT2D eigenvalue weighted by Crippen LogP contribution is 2.16. The number of hydrogen-bond donors (Lipinski definition) is 1. The highest BCUT2D eigenvalue weighted by atomic mass is 16.5. The van der Waals surface area contributed by atoms with Gasteiger partial charge in [0.15, 0.2) is 0 Å². The number of likely N-dealkylation sites (N-methyl/N-ethyl adjacent to an activating group) is 1. The van der Waals surface area contributed by atoms with Crippen molar-refractivity contribution in [3.63, 3.8) is 0 Å². The van der Waals surface area contributed by atoms with Gasteiger partial charge >= 0.3 is 0 Å². The van der Waals surface area contributed by atoms with E-state index in [1.807, 2.05) is 73.1 Å². The number of aromatic nitrogens is 2. The first-order chi connectivity index (χ1) is 16.5. The van der Waals surface area contributed by atoms with Crippen LogP contribution in [0.1, 0.15) is 34.1 Å². The number of nitrogens with zero attached hydrogens (tertiary/aromatic N) is 3. The molecule has 0 unspecified atom stereocenters.